The number of carbonyl (C=O) groups is 2. The van der Waals surface area contributed by atoms with Crippen molar-refractivity contribution in [3.05, 3.63) is 94.4 Å². The van der Waals surface area contributed by atoms with Crippen LogP contribution in [0.5, 0.6) is 0 Å². The van der Waals surface area contributed by atoms with Crippen LogP contribution >= 0.6 is 11.3 Å². The van der Waals surface area contributed by atoms with E-state index in [1.807, 2.05) is 42.5 Å². The molecule has 0 radical (unpaired) electrons. The number of carbonyl (C=O) groups excluding carboxylic acids is 1. The van der Waals surface area contributed by atoms with Crippen LogP contribution in [0.3, 0.4) is 0 Å². The van der Waals surface area contributed by atoms with Gasteiger partial charge in [-0.05, 0) is 40.5 Å². The topological polar surface area (TPSA) is 75.6 Å². The van der Waals surface area contributed by atoms with Gasteiger partial charge in [-0.25, -0.2) is 9.59 Å². The lowest BCUT2D eigenvalue weighted by atomic mass is 9.98. The Hall–Kier alpha value is -4.08. The van der Waals surface area contributed by atoms with Gasteiger partial charge in [0.05, 0.1) is 6.54 Å². The Kier molecular flexibility index (Phi) is 5.55. The van der Waals surface area contributed by atoms with E-state index in [1.54, 1.807) is 6.07 Å². The fourth-order valence-electron chi connectivity index (χ4n) is 4.18. The third-order valence-electron chi connectivity index (χ3n) is 5.66. The van der Waals surface area contributed by atoms with E-state index in [4.69, 9.17) is 4.74 Å². The normalized spacial score (nSPS) is 11.9. The number of rotatable bonds is 4. The van der Waals surface area contributed by atoms with Crippen LogP contribution in [0, 0.1) is 11.8 Å². The molecule has 3 aromatic carbocycles. The zero-order valence-electron chi connectivity index (χ0n) is 17.5. The molecule has 4 aromatic rings. The molecular formula is C27H19NO4S. The summed E-state index contributed by atoms with van der Waals surface area (Å²) in [5, 5.41) is 12.7. The minimum Gasteiger partial charge on any atom is -0.477 e. The fourth-order valence-corrected chi connectivity index (χ4v) is 5.11. The summed E-state index contributed by atoms with van der Waals surface area (Å²) < 4.78 is 6.37. The van der Waals surface area contributed by atoms with Gasteiger partial charge in [-0.3, -0.25) is 0 Å². The molecule has 0 saturated carbocycles. The van der Waals surface area contributed by atoms with Crippen LogP contribution in [-0.2, 0) is 4.74 Å². The fraction of sp³-hybridized carbons (Fsp3) is 0.111. The number of hydrogen-bond acceptors (Lipinski definition) is 4. The van der Waals surface area contributed by atoms with Crippen molar-refractivity contribution in [3.8, 4) is 23.0 Å². The first kappa shape index (κ1) is 20.8. The Balaban J connectivity index is 1.22. The number of alkyl carbamates (subject to hydrolysis) is 1. The minimum atomic E-state index is -0.952. The summed E-state index contributed by atoms with van der Waals surface area (Å²) >= 11 is 1.22. The molecule has 0 atom stereocenters. The Bertz CT molecular complexity index is 1400. The van der Waals surface area contributed by atoms with Crippen molar-refractivity contribution in [2.75, 3.05) is 13.2 Å². The second kappa shape index (κ2) is 8.81. The first-order chi connectivity index (χ1) is 16.1. The van der Waals surface area contributed by atoms with Crippen LogP contribution in [0.15, 0.2) is 72.8 Å². The number of benzene rings is 3. The zero-order chi connectivity index (χ0) is 22.8. The van der Waals surface area contributed by atoms with Crippen LogP contribution in [-0.4, -0.2) is 30.3 Å². The quantitative estimate of drug-likeness (QED) is 0.401. The number of hydrogen-bond donors (Lipinski definition) is 2. The molecule has 0 spiro atoms. The summed E-state index contributed by atoms with van der Waals surface area (Å²) in [5.41, 5.74) is 5.42. The molecule has 6 heteroatoms. The lowest BCUT2D eigenvalue weighted by Crippen LogP contribution is -2.26. The van der Waals surface area contributed by atoms with Gasteiger partial charge in [0.25, 0.3) is 0 Å². The SMILES string of the molecule is O=C(NCC#Cc1cccc2sc(C(=O)O)cc12)OCC1c2ccccc2-c2ccccc21. The molecule has 162 valence electrons. The number of amides is 1. The van der Waals surface area contributed by atoms with Crippen LogP contribution < -0.4 is 5.32 Å². The summed E-state index contributed by atoms with van der Waals surface area (Å²) in [7, 11) is 0. The molecule has 1 heterocycles. The van der Waals surface area contributed by atoms with E-state index in [1.165, 1.54) is 22.5 Å². The van der Waals surface area contributed by atoms with E-state index >= 15 is 0 Å². The highest BCUT2D eigenvalue weighted by molar-refractivity contribution is 7.20. The Morgan fingerprint density at radius 2 is 1.67 bits per heavy atom. The largest absolute Gasteiger partial charge is 0.477 e. The van der Waals surface area contributed by atoms with Gasteiger partial charge in [0, 0.05) is 21.6 Å². The molecular weight excluding hydrogens is 434 g/mol. The molecule has 1 amide bonds. The highest BCUT2D eigenvalue weighted by atomic mass is 32.1. The number of carboxylic acid groups (broad SMARTS) is 1. The molecule has 33 heavy (non-hydrogen) atoms. The van der Waals surface area contributed by atoms with Gasteiger partial charge in [-0.15, -0.1) is 11.3 Å². The molecule has 2 N–H and O–H groups in total. The van der Waals surface area contributed by atoms with Crippen molar-refractivity contribution in [3.63, 3.8) is 0 Å². The van der Waals surface area contributed by atoms with Crippen LogP contribution in [0.2, 0.25) is 0 Å². The lowest BCUT2D eigenvalue weighted by Gasteiger charge is -2.14. The Morgan fingerprint density at radius 3 is 2.36 bits per heavy atom. The van der Waals surface area contributed by atoms with E-state index < -0.39 is 12.1 Å². The molecule has 5 rings (SSSR count). The molecule has 0 unspecified atom stereocenters. The van der Waals surface area contributed by atoms with Crippen LogP contribution in [0.4, 0.5) is 4.79 Å². The second-order valence-electron chi connectivity index (χ2n) is 7.61. The summed E-state index contributed by atoms with van der Waals surface area (Å²) in [6.45, 7) is 0.377. The van der Waals surface area contributed by atoms with E-state index in [2.05, 4.69) is 41.4 Å². The predicted octanol–water partition coefficient (Wildman–Crippen LogP) is 5.49. The zero-order valence-corrected chi connectivity index (χ0v) is 18.3. The van der Waals surface area contributed by atoms with Gasteiger partial charge in [0.1, 0.15) is 11.5 Å². The molecule has 5 nitrogen and oxygen atoms in total. The number of fused-ring (bicyclic) bond motifs is 4. The molecule has 1 aromatic heterocycles. The summed E-state index contributed by atoms with van der Waals surface area (Å²) in [4.78, 5) is 23.8. The van der Waals surface area contributed by atoms with E-state index in [0.29, 0.717) is 0 Å². The summed E-state index contributed by atoms with van der Waals surface area (Å²) in [6, 6.07) is 23.6. The molecule has 0 aliphatic heterocycles. The Morgan fingerprint density at radius 1 is 0.970 bits per heavy atom. The predicted molar refractivity (Wildman–Crippen MR) is 129 cm³/mol. The van der Waals surface area contributed by atoms with Crippen molar-refractivity contribution >= 4 is 33.5 Å². The van der Waals surface area contributed by atoms with E-state index in [-0.39, 0.29) is 23.9 Å². The van der Waals surface area contributed by atoms with E-state index in [0.717, 1.165) is 26.8 Å². The van der Waals surface area contributed by atoms with Crippen molar-refractivity contribution in [2.45, 2.75) is 5.92 Å². The maximum atomic E-state index is 12.3. The average molecular weight is 454 g/mol. The van der Waals surface area contributed by atoms with Crippen LogP contribution in [0.25, 0.3) is 21.2 Å². The molecule has 1 aliphatic carbocycles. The number of aromatic carboxylic acids is 1. The van der Waals surface area contributed by atoms with Crippen molar-refractivity contribution in [1.82, 2.24) is 5.32 Å². The van der Waals surface area contributed by atoms with E-state index in [9.17, 15) is 14.7 Å². The first-order valence-corrected chi connectivity index (χ1v) is 11.3. The number of thiophene rings is 1. The van der Waals surface area contributed by atoms with Gasteiger partial charge in [-0.2, -0.15) is 0 Å². The number of nitrogens with one attached hydrogen (secondary N) is 1. The standard InChI is InChI=1S/C27H19NO4S/c29-26(30)25-15-22-17(7-5-13-24(22)33-25)8-6-14-28-27(31)32-16-23-20-11-3-1-9-18(20)19-10-2-4-12-21(19)23/h1-5,7,9-13,15,23H,14,16H2,(H,28,31)(H,29,30). The van der Waals surface area contributed by atoms with Crippen molar-refractivity contribution in [2.24, 2.45) is 0 Å². The molecule has 0 saturated heterocycles. The maximum absolute atomic E-state index is 12.3. The summed E-state index contributed by atoms with van der Waals surface area (Å²) in [5.74, 6) is 4.99. The van der Waals surface area contributed by atoms with Gasteiger partial charge in [0.15, 0.2) is 0 Å². The molecule has 1 aliphatic rings. The highest BCUT2D eigenvalue weighted by Crippen LogP contribution is 2.44. The van der Waals surface area contributed by atoms with Gasteiger partial charge >= 0.3 is 12.1 Å². The monoisotopic (exact) mass is 453 g/mol. The van der Waals surface area contributed by atoms with Gasteiger partial charge < -0.3 is 15.2 Å². The van der Waals surface area contributed by atoms with Gasteiger partial charge in [0.2, 0.25) is 0 Å². The second-order valence-corrected chi connectivity index (χ2v) is 8.70. The van der Waals surface area contributed by atoms with Crippen molar-refractivity contribution < 1.29 is 19.4 Å². The number of ether oxygens (including phenoxy) is 1. The maximum Gasteiger partial charge on any atom is 0.407 e. The number of carboxylic acids is 1. The smallest absolute Gasteiger partial charge is 0.407 e. The summed E-state index contributed by atoms with van der Waals surface area (Å²) in [6.07, 6.45) is -0.520. The lowest BCUT2D eigenvalue weighted by molar-refractivity contribution is 0.0702. The molecule has 0 bridgehead atoms. The van der Waals surface area contributed by atoms with Gasteiger partial charge in [-0.1, -0.05) is 66.4 Å². The third kappa shape index (κ3) is 4.07. The van der Waals surface area contributed by atoms with Crippen LogP contribution in [0.1, 0.15) is 32.3 Å². The average Bonchev–Trinajstić information content (AvgIpc) is 3.41. The Labute approximate surface area is 194 Å². The first-order valence-electron chi connectivity index (χ1n) is 10.5. The highest BCUT2D eigenvalue weighted by Gasteiger charge is 2.28. The molecule has 0 fully saturated rings. The third-order valence-corrected chi connectivity index (χ3v) is 6.75. The van der Waals surface area contributed by atoms with Crippen molar-refractivity contribution in [1.29, 1.82) is 0 Å². The minimum absolute atomic E-state index is 0.00820.